The van der Waals surface area contributed by atoms with E-state index in [4.69, 9.17) is 0 Å². The van der Waals surface area contributed by atoms with Crippen molar-refractivity contribution in [3.8, 4) is 0 Å². The minimum Gasteiger partial charge on any atom is -0.393 e. The van der Waals surface area contributed by atoms with Crippen LogP contribution in [0.15, 0.2) is 0 Å². The molecule has 88 valence electrons. The maximum Gasteiger partial charge on any atom is 0.0541 e. The third-order valence-corrected chi connectivity index (χ3v) is 3.86. The van der Waals surface area contributed by atoms with E-state index in [1.54, 1.807) is 0 Å². The summed E-state index contributed by atoms with van der Waals surface area (Å²) in [4.78, 5) is 0. The quantitative estimate of drug-likeness (QED) is 0.645. The molecule has 2 aliphatic carbocycles. The number of hydrogen-bond donors (Lipinski definition) is 3. The van der Waals surface area contributed by atoms with E-state index in [0.717, 1.165) is 51.4 Å². The first-order valence-corrected chi connectivity index (χ1v) is 6.36. The molecule has 0 aromatic carbocycles. The Morgan fingerprint density at radius 2 is 0.933 bits per heavy atom. The number of aliphatic hydroxyl groups excluding tert-OH is 2. The molecule has 0 bridgehead atoms. The van der Waals surface area contributed by atoms with Crippen molar-refractivity contribution in [2.75, 3.05) is 0 Å². The molecule has 0 aromatic rings. The van der Waals surface area contributed by atoms with Crippen molar-refractivity contribution in [2.24, 2.45) is 0 Å². The topological polar surface area (TPSA) is 52.5 Å². The van der Waals surface area contributed by atoms with Gasteiger partial charge in [-0.25, -0.2) is 0 Å². The van der Waals surface area contributed by atoms with Crippen LogP contribution in [0.5, 0.6) is 0 Å². The summed E-state index contributed by atoms with van der Waals surface area (Å²) in [6, 6.07) is 1.21. The van der Waals surface area contributed by atoms with Crippen molar-refractivity contribution in [3.63, 3.8) is 0 Å². The standard InChI is InChI=1S/C12H23NO2/c14-11-5-1-9(2-6-11)13-10-3-7-12(15)8-4-10/h9-15H,1-8H2. The molecular weight excluding hydrogens is 190 g/mol. The first-order valence-electron chi connectivity index (χ1n) is 6.36. The molecule has 2 saturated carbocycles. The molecule has 0 atom stereocenters. The molecule has 0 unspecified atom stereocenters. The van der Waals surface area contributed by atoms with Crippen LogP contribution in [0.2, 0.25) is 0 Å². The summed E-state index contributed by atoms with van der Waals surface area (Å²) < 4.78 is 0. The van der Waals surface area contributed by atoms with Crippen molar-refractivity contribution in [2.45, 2.75) is 75.7 Å². The van der Waals surface area contributed by atoms with Crippen LogP contribution < -0.4 is 5.32 Å². The molecule has 0 radical (unpaired) electrons. The number of aliphatic hydroxyl groups is 2. The van der Waals surface area contributed by atoms with Gasteiger partial charge in [-0.05, 0) is 51.4 Å². The molecule has 2 fully saturated rings. The molecule has 0 amide bonds. The SMILES string of the molecule is OC1CCC(NC2CCC(O)CC2)CC1. The second kappa shape index (κ2) is 5.28. The van der Waals surface area contributed by atoms with Gasteiger partial charge in [0.15, 0.2) is 0 Å². The van der Waals surface area contributed by atoms with E-state index in [0.29, 0.717) is 12.1 Å². The Morgan fingerprint density at radius 3 is 1.27 bits per heavy atom. The Hall–Kier alpha value is -0.120. The predicted molar refractivity (Wildman–Crippen MR) is 59.7 cm³/mol. The van der Waals surface area contributed by atoms with Gasteiger partial charge in [0.2, 0.25) is 0 Å². The molecule has 0 saturated heterocycles. The fourth-order valence-corrected chi connectivity index (χ4v) is 2.82. The largest absolute Gasteiger partial charge is 0.393 e. The Balaban J connectivity index is 1.68. The minimum atomic E-state index is -0.0590. The summed E-state index contributed by atoms with van der Waals surface area (Å²) in [6.45, 7) is 0. The third kappa shape index (κ3) is 3.44. The molecule has 3 nitrogen and oxygen atoms in total. The molecule has 0 aliphatic heterocycles. The second-order valence-corrected chi connectivity index (χ2v) is 5.18. The van der Waals surface area contributed by atoms with Gasteiger partial charge in [-0.1, -0.05) is 0 Å². The van der Waals surface area contributed by atoms with Crippen LogP contribution >= 0.6 is 0 Å². The fraction of sp³-hybridized carbons (Fsp3) is 1.00. The van der Waals surface area contributed by atoms with Crippen molar-refractivity contribution in [1.82, 2.24) is 5.32 Å². The van der Waals surface area contributed by atoms with Crippen LogP contribution in [-0.4, -0.2) is 34.5 Å². The monoisotopic (exact) mass is 213 g/mol. The molecule has 3 N–H and O–H groups in total. The zero-order valence-electron chi connectivity index (χ0n) is 9.36. The third-order valence-electron chi connectivity index (χ3n) is 3.86. The lowest BCUT2D eigenvalue weighted by atomic mass is 9.89. The Labute approximate surface area is 91.9 Å². The van der Waals surface area contributed by atoms with Crippen LogP contribution in [0.25, 0.3) is 0 Å². The molecule has 0 spiro atoms. The van der Waals surface area contributed by atoms with Crippen LogP contribution in [0, 0.1) is 0 Å². The summed E-state index contributed by atoms with van der Waals surface area (Å²) in [6.07, 6.45) is 8.13. The van der Waals surface area contributed by atoms with E-state index in [9.17, 15) is 10.2 Å². The second-order valence-electron chi connectivity index (χ2n) is 5.18. The summed E-state index contributed by atoms with van der Waals surface area (Å²) >= 11 is 0. The highest BCUT2D eigenvalue weighted by Crippen LogP contribution is 2.23. The van der Waals surface area contributed by atoms with E-state index in [1.807, 2.05) is 0 Å². The maximum atomic E-state index is 9.41. The summed E-state index contributed by atoms with van der Waals surface area (Å²) in [5.41, 5.74) is 0. The van der Waals surface area contributed by atoms with Gasteiger partial charge in [0.25, 0.3) is 0 Å². The highest BCUT2D eigenvalue weighted by molar-refractivity contribution is 4.83. The maximum absolute atomic E-state index is 9.41. The number of nitrogens with one attached hydrogen (secondary N) is 1. The Kier molecular flexibility index (Phi) is 4.00. The van der Waals surface area contributed by atoms with Crippen molar-refractivity contribution >= 4 is 0 Å². The normalized spacial score (nSPS) is 42.8. The molecule has 3 heteroatoms. The van der Waals surface area contributed by atoms with Crippen LogP contribution in [0.4, 0.5) is 0 Å². The van der Waals surface area contributed by atoms with E-state index in [1.165, 1.54) is 0 Å². The lowest BCUT2D eigenvalue weighted by molar-refractivity contribution is 0.0963. The van der Waals surface area contributed by atoms with Gasteiger partial charge in [-0.15, -0.1) is 0 Å². The number of rotatable bonds is 2. The van der Waals surface area contributed by atoms with Gasteiger partial charge in [0, 0.05) is 12.1 Å². The fourth-order valence-electron chi connectivity index (χ4n) is 2.82. The van der Waals surface area contributed by atoms with E-state index < -0.39 is 0 Å². The summed E-state index contributed by atoms with van der Waals surface area (Å²) in [5, 5.41) is 22.5. The smallest absolute Gasteiger partial charge is 0.0541 e. The van der Waals surface area contributed by atoms with Crippen LogP contribution in [-0.2, 0) is 0 Å². The summed E-state index contributed by atoms with van der Waals surface area (Å²) in [5.74, 6) is 0. The molecular formula is C12H23NO2. The lowest BCUT2D eigenvalue weighted by Crippen LogP contribution is -2.43. The predicted octanol–water partition coefficient (Wildman–Crippen LogP) is 1.18. The van der Waals surface area contributed by atoms with Gasteiger partial charge in [-0.3, -0.25) is 0 Å². The van der Waals surface area contributed by atoms with Gasteiger partial charge in [-0.2, -0.15) is 0 Å². The van der Waals surface area contributed by atoms with Gasteiger partial charge in [0.05, 0.1) is 12.2 Å². The zero-order valence-corrected chi connectivity index (χ0v) is 9.36. The van der Waals surface area contributed by atoms with Crippen molar-refractivity contribution in [1.29, 1.82) is 0 Å². The van der Waals surface area contributed by atoms with Gasteiger partial charge in [0.1, 0.15) is 0 Å². The highest BCUT2D eigenvalue weighted by atomic mass is 16.3. The van der Waals surface area contributed by atoms with Gasteiger partial charge >= 0.3 is 0 Å². The first kappa shape index (κ1) is 11.4. The Morgan fingerprint density at radius 1 is 0.600 bits per heavy atom. The van der Waals surface area contributed by atoms with Crippen LogP contribution in [0.1, 0.15) is 51.4 Å². The highest BCUT2D eigenvalue weighted by Gasteiger charge is 2.24. The molecule has 15 heavy (non-hydrogen) atoms. The zero-order chi connectivity index (χ0) is 10.7. The van der Waals surface area contributed by atoms with E-state index in [2.05, 4.69) is 5.32 Å². The molecule has 0 aromatic heterocycles. The first-order chi connectivity index (χ1) is 7.24. The van der Waals surface area contributed by atoms with Crippen molar-refractivity contribution in [3.05, 3.63) is 0 Å². The number of hydrogen-bond acceptors (Lipinski definition) is 3. The average molecular weight is 213 g/mol. The average Bonchev–Trinajstić information content (AvgIpc) is 2.25. The van der Waals surface area contributed by atoms with E-state index in [-0.39, 0.29) is 12.2 Å². The lowest BCUT2D eigenvalue weighted by Gasteiger charge is -2.33. The molecule has 2 rings (SSSR count). The Bertz CT molecular complexity index is 162. The summed E-state index contributed by atoms with van der Waals surface area (Å²) in [7, 11) is 0. The van der Waals surface area contributed by atoms with Crippen LogP contribution in [0.3, 0.4) is 0 Å². The van der Waals surface area contributed by atoms with Gasteiger partial charge < -0.3 is 15.5 Å². The molecule has 2 aliphatic rings. The minimum absolute atomic E-state index is 0.0590. The van der Waals surface area contributed by atoms with Crippen molar-refractivity contribution < 1.29 is 10.2 Å². The molecule has 0 heterocycles. The van der Waals surface area contributed by atoms with E-state index >= 15 is 0 Å².